The minimum absolute atomic E-state index is 0.169. The van der Waals surface area contributed by atoms with Gasteiger partial charge in [-0.1, -0.05) is 54.4 Å². The Morgan fingerprint density at radius 3 is 1.68 bits per heavy atom. The summed E-state index contributed by atoms with van der Waals surface area (Å²) in [4.78, 5) is 5.09. The van der Waals surface area contributed by atoms with Gasteiger partial charge >= 0.3 is 0 Å². The van der Waals surface area contributed by atoms with Crippen molar-refractivity contribution in [1.29, 1.82) is 0 Å². The molecule has 0 amide bonds. The fourth-order valence-corrected chi connectivity index (χ4v) is 2.41. The van der Waals surface area contributed by atoms with Crippen LogP contribution in [0, 0.1) is 16.7 Å². The third-order valence-corrected chi connectivity index (χ3v) is 4.62. The minimum Gasteiger partial charge on any atom is -0.262 e. The van der Waals surface area contributed by atoms with E-state index in [-0.39, 0.29) is 10.8 Å². The van der Waals surface area contributed by atoms with E-state index < -0.39 is 0 Å². The third kappa shape index (κ3) is 4.47. The molecule has 110 valence electrons. The standard InChI is InChI=1S/C18H33N/c1-13(17(3,4)5)16(15-11-9-10-12-15)19-14(2)18(6,7)8/h15H,9-12H2,1-8H3/b16-13+,19-14?. The average molecular weight is 263 g/mol. The second kappa shape index (κ2) is 5.81. The summed E-state index contributed by atoms with van der Waals surface area (Å²) >= 11 is 0. The van der Waals surface area contributed by atoms with E-state index in [0.29, 0.717) is 5.92 Å². The highest BCUT2D eigenvalue weighted by molar-refractivity contribution is 5.87. The van der Waals surface area contributed by atoms with Gasteiger partial charge in [-0.2, -0.15) is 0 Å². The quantitative estimate of drug-likeness (QED) is 0.541. The molecule has 0 aliphatic heterocycles. The van der Waals surface area contributed by atoms with Crippen molar-refractivity contribution in [1.82, 2.24) is 0 Å². The van der Waals surface area contributed by atoms with Crippen molar-refractivity contribution in [2.24, 2.45) is 21.7 Å². The van der Waals surface area contributed by atoms with Gasteiger partial charge in [-0.3, -0.25) is 4.99 Å². The van der Waals surface area contributed by atoms with Crippen LogP contribution >= 0.6 is 0 Å². The molecule has 0 bridgehead atoms. The Labute approximate surface area is 120 Å². The molecular formula is C18H33N. The second-order valence-electron chi connectivity index (χ2n) is 8.19. The van der Waals surface area contributed by atoms with Crippen LogP contribution in [-0.2, 0) is 0 Å². The lowest BCUT2D eigenvalue weighted by molar-refractivity contribution is 0.479. The summed E-state index contributed by atoms with van der Waals surface area (Å²) in [5.41, 5.74) is 4.51. The summed E-state index contributed by atoms with van der Waals surface area (Å²) in [6, 6.07) is 0. The lowest BCUT2D eigenvalue weighted by Gasteiger charge is -2.27. The smallest absolute Gasteiger partial charge is 0.0428 e. The molecule has 1 nitrogen and oxygen atoms in total. The summed E-state index contributed by atoms with van der Waals surface area (Å²) in [6.07, 6.45) is 5.39. The zero-order valence-corrected chi connectivity index (χ0v) is 14.4. The van der Waals surface area contributed by atoms with E-state index in [0.717, 1.165) is 0 Å². The van der Waals surface area contributed by atoms with E-state index in [1.54, 1.807) is 0 Å². The Morgan fingerprint density at radius 2 is 1.32 bits per heavy atom. The molecule has 0 N–H and O–H groups in total. The molecule has 1 saturated carbocycles. The summed E-state index contributed by atoms with van der Waals surface area (Å²) in [6.45, 7) is 18.1. The first-order valence-corrected chi connectivity index (χ1v) is 7.80. The van der Waals surface area contributed by atoms with Crippen LogP contribution in [0.3, 0.4) is 0 Å². The van der Waals surface area contributed by atoms with Crippen LogP contribution in [0.1, 0.15) is 81.1 Å². The van der Waals surface area contributed by atoms with Gasteiger partial charge in [0, 0.05) is 17.3 Å². The molecule has 1 heteroatoms. The van der Waals surface area contributed by atoms with Crippen LogP contribution < -0.4 is 0 Å². The second-order valence-corrected chi connectivity index (χ2v) is 8.19. The highest BCUT2D eigenvalue weighted by Gasteiger charge is 2.26. The SMILES string of the molecule is CC(=N/C(=C(\C)C(C)(C)C)C1CCCC1)C(C)(C)C. The Morgan fingerprint density at radius 1 is 0.842 bits per heavy atom. The van der Waals surface area contributed by atoms with Gasteiger partial charge in [0.1, 0.15) is 0 Å². The van der Waals surface area contributed by atoms with Crippen molar-refractivity contribution in [3.05, 3.63) is 11.3 Å². The number of rotatable bonds is 2. The van der Waals surface area contributed by atoms with Crippen molar-refractivity contribution in [3.63, 3.8) is 0 Å². The number of hydrogen-bond acceptors (Lipinski definition) is 1. The van der Waals surface area contributed by atoms with E-state index in [1.807, 2.05) is 0 Å². The molecule has 0 heterocycles. The van der Waals surface area contributed by atoms with E-state index in [9.17, 15) is 0 Å². The van der Waals surface area contributed by atoms with Crippen LogP contribution in [0.4, 0.5) is 0 Å². The molecule has 0 atom stereocenters. The maximum Gasteiger partial charge on any atom is 0.0428 e. The van der Waals surface area contributed by atoms with E-state index in [2.05, 4.69) is 55.4 Å². The lowest BCUT2D eigenvalue weighted by atomic mass is 9.82. The molecule has 1 aliphatic carbocycles. The van der Waals surface area contributed by atoms with Crippen molar-refractivity contribution in [2.75, 3.05) is 0 Å². The molecule has 0 aromatic heterocycles. The molecule has 1 fully saturated rings. The van der Waals surface area contributed by atoms with Gasteiger partial charge in [0.25, 0.3) is 0 Å². The van der Waals surface area contributed by atoms with Gasteiger partial charge in [0.2, 0.25) is 0 Å². The highest BCUT2D eigenvalue weighted by Crippen LogP contribution is 2.39. The molecule has 1 rings (SSSR count). The monoisotopic (exact) mass is 263 g/mol. The molecular weight excluding hydrogens is 230 g/mol. The Kier molecular flexibility index (Phi) is 5.03. The summed E-state index contributed by atoms with van der Waals surface area (Å²) in [5, 5.41) is 0. The van der Waals surface area contributed by atoms with Gasteiger partial charge in [-0.15, -0.1) is 0 Å². The maximum absolute atomic E-state index is 5.09. The molecule has 0 unspecified atom stereocenters. The first-order chi connectivity index (χ1) is 8.53. The van der Waals surface area contributed by atoms with Gasteiger partial charge < -0.3 is 0 Å². The molecule has 0 saturated heterocycles. The predicted octanol–water partition coefficient (Wildman–Crippen LogP) is 6.00. The van der Waals surface area contributed by atoms with Gasteiger partial charge in [0.15, 0.2) is 0 Å². The van der Waals surface area contributed by atoms with Crippen molar-refractivity contribution >= 4 is 5.71 Å². The zero-order valence-electron chi connectivity index (χ0n) is 14.4. The van der Waals surface area contributed by atoms with E-state index in [1.165, 1.54) is 42.7 Å². The topological polar surface area (TPSA) is 12.4 Å². The fraction of sp³-hybridized carbons (Fsp3) is 0.833. The van der Waals surface area contributed by atoms with Crippen molar-refractivity contribution < 1.29 is 0 Å². The predicted molar refractivity (Wildman–Crippen MR) is 86.7 cm³/mol. The van der Waals surface area contributed by atoms with Gasteiger partial charge in [-0.05, 0) is 43.1 Å². The first-order valence-electron chi connectivity index (χ1n) is 7.80. The van der Waals surface area contributed by atoms with Crippen LogP contribution in [-0.4, -0.2) is 5.71 Å². The van der Waals surface area contributed by atoms with Crippen LogP contribution in [0.5, 0.6) is 0 Å². The molecule has 19 heavy (non-hydrogen) atoms. The van der Waals surface area contributed by atoms with Crippen molar-refractivity contribution in [2.45, 2.75) is 81.1 Å². The molecule has 0 aromatic rings. The Bertz CT molecular complexity index is 365. The number of aliphatic imine (C=N–C) groups is 1. The minimum atomic E-state index is 0.169. The van der Waals surface area contributed by atoms with E-state index >= 15 is 0 Å². The van der Waals surface area contributed by atoms with Gasteiger partial charge in [-0.25, -0.2) is 0 Å². The zero-order chi connectivity index (χ0) is 14.8. The van der Waals surface area contributed by atoms with Crippen LogP contribution in [0.2, 0.25) is 0 Å². The Hall–Kier alpha value is -0.590. The summed E-state index contributed by atoms with van der Waals surface area (Å²) < 4.78 is 0. The van der Waals surface area contributed by atoms with Crippen molar-refractivity contribution in [3.8, 4) is 0 Å². The molecule has 0 aromatic carbocycles. The normalized spacial score (nSPS) is 20.7. The molecule has 0 radical (unpaired) electrons. The van der Waals surface area contributed by atoms with Crippen LogP contribution in [0.15, 0.2) is 16.3 Å². The highest BCUT2D eigenvalue weighted by atomic mass is 14.8. The number of allylic oxidation sites excluding steroid dienone is 2. The maximum atomic E-state index is 5.09. The van der Waals surface area contributed by atoms with Gasteiger partial charge in [0.05, 0.1) is 0 Å². The average Bonchev–Trinajstić information content (AvgIpc) is 2.74. The van der Waals surface area contributed by atoms with Crippen LogP contribution in [0.25, 0.3) is 0 Å². The largest absolute Gasteiger partial charge is 0.262 e. The summed E-state index contributed by atoms with van der Waals surface area (Å²) in [5.74, 6) is 0.691. The summed E-state index contributed by atoms with van der Waals surface area (Å²) in [7, 11) is 0. The van der Waals surface area contributed by atoms with E-state index in [4.69, 9.17) is 4.99 Å². The Balaban J connectivity index is 3.21. The lowest BCUT2D eigenvalue weighted by Crippen LogP contribution is -2.19. The number of nitrogens with zero attached hydrogens (tertiary/aromatic N) is 1. The fourth-order valence-electron chi connectivity index (χ4n) is 2.41. The molecule has 0 spiro atoms. The number of hydrogen-bond donors (Lipinski definition) is 0. The molecule has 1 aliphatic rings. The first kappa shape index (κ1) is 16.5. The third-order valence-electron chi connectivity index (χ3n) is 4.62.